The first-order chi connectivity index (χ1) is 10.3. The molecule has 118 valence electrons. The van der Waals surface area contributed by atoms with Crippen molar-refractivity contribution in [2.45, 2.75) is 30.2 Å². The number of fused-ring (bicyclic) bond motifs is 1. The van der Waals surface area contributed by atoms with Crippen LogP contribution in [0.25, 0.3) is 10.8 Å². The Bertz CT molecular complexity index is 683. The van der Waals surface area contributed by atoms with Crippen molar-refractivity contribution in [3.05, 3.63) is 36.4 Å². The molecule has 0 fully saturated rings. The molecule has 1 N–H and O–H groups in total. The quantitative estimate of drug-likeness (QED) is 0.749. The minimum absolute atomic E-state index is 0.102. The average Bonchev–Trinajstić information content (AvgIpc) is 2.48. The van der Waals surface area contributed by atoms with Crippen LogP contribution in [-0.4, -0.2) is 15.8 Å². The van der Waals surface area contributed by atoms with Gasteiger partial charge in [0.05, 0.1) is 6.10 Å². The van der Waals surface area contributed by atoms with E-state index in [4.69, 9.17) is 39.5 Å². The summed E-state index contributed by atoms with van der Waals surface area (Å²) in [5.74, 6) is 0.0649. The second kappa shape index (κ2) is 6.95. The van der Waals surface area contributed by atoms with Crippen molar-refractivity contribution < 1.29 is 9.53 Å². The van der Waals surface area contributed by atoms with Crippen LogP contribution in [0.3, 0.4) is 0 Å². The molecule has 0 unspecified atom stereocenters. The first-order valence-corrected chi connectivity index (χ1v) is 8.03. The molecule has 2 aromatic carbocycles. The maximum Gasteiger partial charge on any atom is 0.276 e. The van der Waals surface area contributed by atoms with Gasteiger partial charge >= 0.3 is 0 Å². The van der Waals surface area contributed by atoms with Crippen LogP contribution < -0.4 is 10.1 Å². The van der Waals surface area contributed by atoms with Crippen molar-refractivity contribution >= 4 is 57.2 Å². The largest absolute Gasteiger partial charge is 0.490 e. The van der Waals surface area contributed by atoms with Gasteiger partial charge in [-0.2, -0.15) is 0 Å². The highest BCUT2D eigenvalue weighted by Gasteiger charge is 2.31. The van der Waals surface area contributed by atoms with Gasteiger partial charge in [-0.1, -0.05) is 66.0 Å². The van der Waals surface area contributed by atoms with Crippen molar-refractivity contribution in [1.29, 1.82) is 0 Å². The number of carbonyl (C=O) groups is 1. The fraction of sp³-hybridized carbons (Fsp3) is 0.312. The number of anilines is 1. The van der Waals surface area contributed by atoms with Gasteiger partial charge in [0.25, 0.3) is 9.70 Å². The molecule has 0 aliphatic heterocycles. The van der Waals surface area contributed by atoms with E-state index in [1.54, 1.807) is 6.07 Å². The van der Waals surface area contributed by atoms with E-state index in [0.29, 0.717) is 5.69 Å². The third kappa shape index (κ3) is 3.97. The van der Waals surface area contributed by atoms with Gasteiger partial charge in [0.2, 0.25) is 0 Å². The minimum atomic E-state index is -2.01. The summed E-state index contributed by atoms with van der Waals surface area (Å²) in [7, 11) is 0. The summed E-state index contributed by atoms with van der Waals surface area (Å²) in [4.78, 5) is 11.8. The summed E-state index contributed by atoms with van der Waals surface area (Å²) in [6.07, 6.45) is 1.00. The van der Waals surface area contributed by atoms with Gasteiger partial charge in [0.15, 0.2) is 0 Å². The second-order valence-corrected chi connectivity index (χ2v) is 7.23. The van der Waals surface area contributed by atoms with Crippen LogP contribution in [0.4, 0.5) is 5.69 Å². The Labute approximate surface area is 144 Å². The third-order valence-electron chi connectivity index (χ3n) is 3.29. The van der Waals surface area contributed by atoms with E-state index in [1.807, 2.05) is 37.3 Å². The van der Waals surface area contributed by atoms with E-state index in [2.05, 4.69) is 12.2 Å². The van der Waals surface area contributed by atoms with Crippen LogP contribution in [0.5, 0.6) is 5.75 Å². The predicted molar refractivity (Wildman–Crippen MR) is 93.2 cm³/mol. The van der Waals surface area contributed by atoms with Crippen molar-refractivity contribution in [3.8, 4) is 5.75 Å². The molecule has 1 amide bonds. The SMILES string of the molecule is CC[C@H](C)Oc1ccc(NC(=O)C(Cl)(Cl)Cl)c2ccccc12. The molecule has 0 spiro atoms. The Morgan fingerprint density at radius 1 is 1.18 bits per heavy atom. The molecule has 1 atom stereocenters. The zero-order valence-electron chi connectivity index (χ0n) is 12.2. The maximum atomic E-state index is 11.8. The Morgan fingerprint density at radius 2 is 1.82 bits per heavy atom. The second-order valence-electron chi connectivity index (χ2n) is 4.95. The first kappa shape index (κ1) is 17.2. The highest BCUT2D eigenvalue weighted by Crippen LogP contribution is 2.34. The fourth-order valence-corrected chi connectivity index (χ4v) is 2.12. The highest BCUT2D eigenvalue weighted by molar-refractivity contribution is 6.76. The van der Waals surface area contributed by atoms with Gasteiger partial charge in [0.1, 0.15) is 5.75 Å². The van der Waals surface area contributed by atoms with Crippen molar-refractivity contribution in [2.75, 3.05) is 5.32 Å². The summed E-state index contributed by atoms with van der Waals surface area (Å²) >= 11 is 16.8. The Balaban J connectivity index is 2.42. The van der Waals surface area contributed by atoms with E-state index >= 15 is 0 Å². The van der Waals surface area contributed by atoms with E-state index in [0.717, 1.165) is 22.9 Å². The lowest BCUT2D eigenvalue weighted by Crippen LogP contribution is -2.27. The average molecular weight is 361 g/mol. The number of ether oxygens (including phenoxy) is 1. The van der Waals surface area contributed by atoms with Gasteiger partial charge in [-0.15, -0.1) is 0 Å². The zero-order chi connectivity index (χ0) is 16.3. The molecule has 6 heteroatoms. The lowest BCUT2D eigenvalue weighted by atomic mass is 10.1. The molecule has 0 saturated carbocycles. The van der Waals surface area contributed by atoms with Crippen LogP contribution in [0.2, 0.25) is 0 Å². The lowest BCUT2D eigenvalue weighted by Gasteiger charge is -2.17. The van der Waals surface area contributed by atoms with Gasteiger partial charge in [-0.3, -0.25) is 4.79 Å². The van der Waals surface area contributed by atoms with E-state index in [-0.39, 0.29) is 6.10 Å². The monoisotopic (exact) mass is 359 g/mol. The summed E-state index contributed by atoms with van der Waals surface area (Å²) < 4.78 is 3.91. The van der Waals surface area contributed by atoms with E-state index in [9.17, 15) is 4.79 Å². The van der Waals surface area contributed by atoms with Gasteiger partial charge in [-0.25, -0.2) is 0 Å². The molecular formula is C16H16Cl3NO2. The number of halogens is 3. The predicted octanol–water partition coefficient (Wildman–Crippen LogP) is 5.33. The molecule has 0 aliphatic rings. The number of rotatable bonds is 4. The van der Waals surface area contributed by atoms with Crippen LogP contribution in [0.15, 0.2) is 36.4 Å². The number of alkyl halides is 3. The molecule has 3 nitrogen and oxygen atoms in total. The summed E-state index contributed by atoms with van der Waals surface area (Å²) in [6, 6.07) is 11.1. The van der Waals surface area contributed by atoms with Crippen LogP contribution in [0, 0.1) is 0 Å². The molecule has 0 bridgehead atoms. The molecule has 0 heterocycles. The first-order valence-electron chi connectivity index (χ1n) is 6.89. The summed E-state index contributed by atoms with van der Waals surface area (Å²) in [5.41, 5.74) is 0.573. The summed E-state index contributed by atoms with van der Waals surface area (Å²) in [6.45, 7) is 4.07. The molecule has 0 radical (unpaired) electrons. The molecule has 2 aromatic rings. The van der Waals surface area contributed by atoms with E-state index < -0.39 is 9.70 Å². The van der Waals surface area contributed by atoms with Crippen LogP contribution in [-0.2, 0) is 4.79 Å². The Hall–Kier alpha value is -1.16. The number of benzene rings is 2. The van der Waals surface area contributed by atoms with Crippen molar-refractivity contribution in [1.82, 2.24) is 0 Å². The fourth-order valence-electron chi connectivity index (χ4n) is 1.98. The zero-order valence-corrected chi connectivity index (χ0v) is 14.5. The molecule has 0 saturated heterocycles. The lowest BCUT2D eigenvalue weighted by molar-refractivity contribution is -0.115. The van der Waals surface area contributed by atoms with Crippen molar-refractivity contribution in [2.24, 2.45) is 0 Å². The van der Waals surface area contributed by atoms with Crippen molar-refractivity contribution in [3.63, 3.8) is 0 Å². The molecule has 22 heavy (non-hydrogen) atoms. The topological polar surface area (TPSA) is 38.3 Å². The minimum Gasteiger partial charge on any atom is -0.490 e. The molecule has 0 aromatic heterocycles. The number of amides is 1. The van der Waals surface area contributed by atoms with Gasteiger partial charge < -0.3 is 10.1 Å². The molecule has 2 rings (SSSR count). The number of carbonyl (C=O) groups excluding carboxylic acids is 1. The number of nitrogens with one attached hydrogen (secondary N) is 1. The van der Waals surface area contributed by atoms with Crippen LogP contribution in [0.1, 0.15) is 20.3 Å². The molecular weight excluding hydrogens is 345 g/mol. The number of hydrogen-bond donors (Lipinski definition) is 1. The maximum absolute atomic E-state index is 11.8. The number of hydrogen-bond acceptors (Lipinski definition) is 2. The molecule has 0 aliphatic carbocycles. The van der Waals surface area contributed by atoms with Gasteiger partial charge in [-0.05, 0) is 25.5 Å². The third-order valence-corrected chi connectivity index (χ3v) is 3.81. The summed E-state index contributed by atoms with van der Waals surface area (Å²) in [5, 5.41) is 4.35. The van der Waals surface area contributed by atoms with E-state index in [1.165, 1.54) is 0 Å². The normalized spacial score (nSPS) is 13.0. The van der Waals surface area contributed by atoms with Gasteiger partial charge in [0, 0.05) is 16.5 Å². The standard InChI is InChI=1S/C16H16Cl3NO2/c1-3-10(2)22-14-9-8-13(20-15(21)16(17,18)19)11-6-4-5-7-12(11)14/h4-10H,3H2,1-2H3,(H,20,21)/t10-/m0/s1. The van der Waals surface area contributed by atoms with Crippen LogP contribution >= 0.6 is 34.8 Å². The Kier molecular flexibility index (Phi) is 5.43. The smallest absolute Gasteiger partial charge is 0.276 e. The Morgan fingerprint density at radius 3 is 2.41 bits per heavy atom. The highest BCUT2D eigenvalue weighted by atomic mass is 35.6.